The second-order valence-corrected chi connectivity index (χ2v) is 8.52. The normalized spacial score (nSPS) is 19.4. The molecule has 1 aliphatic carbocycles. The van der Waals surface area contributed by atoms with E-state index in [9.17, 15) is 20.1 Å². The van der Waals surface area contributed by atoms with Gasteiger partial charge in [-0.25, -0.2) is 0 Å². The fourth-order valence-corrected chi connectivity index (χ4v) is 5.31. The number of carbonyl (C=O) groups is 1. The van der Waals surface area contributed by atoms with Crippen molar-refractivity contribution in [2.45, 2.75) is 43.6 Å². The smallest absolute Gasteiger partial charge is 0.204 e. The van der Waals surface area contributed by atoms with Crippen LogP contribution in [0.4, 0.5) is 0 Å². The lowest BCUT2D eigenvalue weighted by Crippen LogP contribution is -2.29. The SMILES string of the molecule is COc1c(O)c2c(c(C3(c4cc[nH]c4)CCCC3)c1O)OC(c1ccc(O)cc1)CC2=O. The summed E-state index contributed by atoms with van der Waals surface area (Å²) in [6.45, 7) is 0. The van der Waals surface area contributed by atoms with E-state index in [1.54, 1.807) is 24.3 Å². The zero-order valence-corrected chi connectivity index (χ0v) is 17.7. The third-order valence-electron chi connectivity index (χ3n) is 6.82. The van der Waals surface area contributed by atoms with Crippen LogP contribution in [0.2, 0.25) is 0 Å². The number of ketones is 1. The average Bonchev–Trinajstić information content (AvgIpc) is 3.47. The molecule has 1 saturated carbocycles. The summed E-state index contributed by atoms with van der Waals surface area (Å²) >= 11 is 0. The number of benzene rings is 2. The number of rotatable bonds is 4. The molecule has 7 heteroatoms. The number of phenolic OH excluding ortho intramolecular Hbond substituents is 3. The number of phenols is 3. The molecular formula is C25H25NO6. The third kappa shape index (κ3) is 2.92. The van der Waals surface area contributed by atoms with Crippen molar-refractivity contribution in [1.82, 2.24) is 4.98 Å². The number of ether oxygens (including phenoxy) is 2. The zero-order valence-electron chi connectivity index (χ0n) is 17.7. The first-order chi connectivity index (χ1) is 15.5. The Bertz CT molecular complexity index is 1160. The second-order valence-electron chi connectivity index (χ2n) is 8.52. The Kier molecular flexibility index (Phi) is 4.77. The number of hydrogen-bond acceptors (Lipinski definition) is 6. The van der Waals surface area contributed by atoms with Crippen LogP contribution in [0, 0.1) is 0 Å². The lowest BCUT2D eigenvalue weighted by molar-refractivity contribution is 0.0837. The number of Topliss-reactive ketones (excluding diaryl/α,β-unsaturated/α-hetero) is 1. The lowest BCUT2D eigenvalue weighted by atomic mass is 9.72. The molecular weight excluding hydrogens is 410 g/mol. The number of hydrogen-bond donors (Lipinski definition) is 4. The first kappa shape index (κ1) is 20.3. The van der Waals surface area contributed by atoms with Crippen molar-refractivity contribution in [3.63, 3.8) is 0 Å². The molecule has 5 rings (SSSR count). The average molecular weight is 435 g/mol. The molecule has 32 heavy (non-hydrogen) atoms. The fraction of sp³-hybridized carbons (Fsp3) is 0.320. The van der Waals surface area contributed by atoms with Gasteiger partial charge >= 0.3 is 0 Å². The summed E-state index contributed by atoms with van der Waals surface area (Å²) in [6, 6.07) is 8.47. The van der Waals surface area contributed by atoms with Crippen LogP contribution in [0.1, 0.15) is 65.3 Å². The Morgan fingerprint density at radius 2 is 1.78 bits per heavy atom. The molecule has 2 aliphatic rings. The van der Waals surface area contributed by atoms with Gasteiger partial charge in [0.2, 0.25) is 5.75 Å². The van der Waals surface area contributed by atoms with Crippen LogP contribution in [0.15, 0.2) is 42.7 Å². The molecule has 1 aliphatic heterocycles. The van der Waals surface area contributed by atoms with Crippen molar-refractivity contribution < 1.29 is 29.6 Å². The minimum Gasteiger partial charge on any atom is -0.508 e. The van der Waals surface area contributed by atoms with Gasteiger partial charge in [-0.05, 0) is 42.2 Å². The maximum Gasteiger partial charge on any atom is 0.204 e. The van der Waals surface area contributed by atoms with Gasteiger partial charge in [0.25, 0.3) is 0 Å². The minimum atomic E-state index is -0.605. The van der Waals surface area contributed by atoms with Gasteiger partial charge in [-0.3, -0.25) is 4.79 Å². The van der Waals surface area contributed by atoms with Crippen molar-refractivity contribution in [3.8, 4) is 28.7 Å². The first-order valence-electron chi connectivity index (χ1n) is 10.7. The van der Waals surface area contributed by atoms with Gasteiger partial charge in [0, 0.05) is 17.8 Å². The third-order valence-corrected chi connectivity index (χ3v) is 6.82. The lowest BCUT2D eigenvalue weighted by Gasteiger charge is -2.36. The topological polar surface area (TPSA) is 112 Å². The fourth-order valence-electron chi connectivity index (χ4n) is 5.31. The van der Waals surface area contributed by atoms with Crippen LogP contribution >= 0.6 is 0 Å². The number of aromatic nitrogens is 1. The largest absolute Gasteiger partial charge is 0.508 e. The van der Waals surface area contributed by atoms with E-state index in [-0.39, 0.29) is 40.8 Å². The van der Waals surface area contributed by atoms with Gasteiger partial charge < -0.3 is 29.8 Å². The summed E-state index contributed by atoms with van der Waals surface area (Å²) < 4.78 is 11.7. The van der Waals surface area contributed by atoms with Gasteiger partial charge in [0.1, 0.15) is 23.2 Å². The number of nitrogens with one attached hydrogen (secondary N) is 1. The quantitative estimate of drug-likeness (QED) is 0.472. The van der Waals surface area contributed by atoms with Gasteiger partial charge in [-0.15, -0.1) is 0 Å². The predicted octanol–water partition coefficient (Wildman–Crippen LogP) is 4.71. The van der Waals surface area contributed by atoms with Crippen molar-refractivity contribution in [2.24, 2.45) is 0 Å². The molecule has 0 amide bonds. The first-order valence-corrected chi connectivity index (χ1v) is 10.7. The number of H-pyrrole nitrogens is 1. The van der Waals surface area contributed by atoms with Crippen molar-refractivity contribution in [2.75, 3.05) is 7.11 Å². The maximum absolute atomic E-state index is 13.3. The van der Waals surface area contributed by atoms with Gasteiger partial charge in [0.05, 0.1) is 19.1 Å². The summed E-state index contributed by atoms with van der Waals surface area (Å²) in [5.74, 6) is -0.678. The van der Waals surface area contributed by atoms with Crippen LogP contribution in [-0.4, -0.2) is 33.2 Å². The van der Waals surface area contributed by atoms with Crippen LogP contribution < -0.4 is 9.47 Å². The van der Waals surface area contributed by atoms with E-state index in [0.29, 0.717) is 5.56 Å². The van der Waals surface area contributed by atoms with Gasteiger partial charge in [-0.1, -0.05) is 25.0 Å². The molecule has 1 atom stereocenters. The zero-order chi connectivity index (χ0) is 22.5. The summed E-state index contributed by atoms with van der Waals surface area (Å²) in [6.07, 6.45) is 6.60. The van der Waals surface area contributed by atoms with Crippen LogP contribution in [-0.2, 0) is 5.41 Å². The Morgan fingerprint density at radius 1 is 1.06 bits per heavy atom. The number of carbonyl (C=O) groups excluding carboxylic acids is 1. The summed E-state index contributed by atoms with van der Waals surface area (Å²) in [5.41, 5.74) is 1.67. The maximum atomic E-state index is 13.3. The minimum absolute atomic E-state index is 0.0237. The molecule has 4 N–H and O–H groups in total. The molecule has 0 radical (unpaired) electrons. The molecule has 0 spiro atoms. The monoisotopic (exact) mass is 435 g/mol. The van der Waals surface area contributed by atoms with Crippen LogP contribution in [0.5, 0.6) is 28.7 Å². The van der Waals surface area contributed by atoms with E-state index in [1.165, 1.54) is 7.11 Å². The molecule has 0 bridgehead atoms. The molecule has 1 fully saturated rings. The number of fused-ring (bicyclic) bond motifs is 1. The Labute approximate surface area is 185 Å². The molecule has 2 heterocycles. The Morgan fingerprint density at radius 3 is 2.41 bits per heavy atom. The number of aromatic hydroxyl groups is 3. The molecule has 2 aromatic carbocycles. The molecule has 1 unspecified atom stereocenters. The summed E-state index contributed by atoms with van der Waals surface area (Å²) in [4.78, 5) is 16.4. The molecule has 0 saturated heterocycles. The van der Waals surface area contributed by atoms with E-state index in [1.807, 2.05) is 18.5 Å². The van der Waals surface area contributed by atoms with Gasteiger partial charge in [0.15, 0.2) is 17.3 Å². The molecule has 166 valence electrons. The van der Waals surface area contributed by atoms with Crippen molar-refractivity contribution in [3.05, 3.63) is 65.0 Å². The highest BCUT2D eigenvalue weighted by Gasteiger charge is 2.47. The molecule has 3 aromatic rings. The predicted molar refractivity (Wildman–Crippen MR) is 117 cm³/mol. The van der Waals surface area contributed by atoms with E-state index in [0.717, 1.165) is 36.8 Å². The second kappa shape index (κ2) is 7.51. The number of methoxy groups -OCH3 is 1. The van der Waals surface area contributed by atoms with Crippen LogP contribution in [0.25, 0.3) is 0 Å². The summed E-state index contributed by atoms with van der Waals surface area (Å²) in [5, 5.41) is 31.8. The van der Waals surface area contributed by atoms with Crippen molar-refractivity contribution >= 4 is 5.78 Å². The highest BCUT2D eigenvalue weighted by atomic mass is 16.5. The Hall–Kier alpha value is -3.61. The van der Waals surface area contributed by atoms with E-state index >= 15 is 0 Å². The summed E-state index contributed by atoms with van der Waals surface area (Å²) in [7, 11) is 1.36. The standard InChI is InChI=1S/C25H25NO6/c1-31-24-21(29)19-17(28)12-18(14-4-6-16(27)7-5-14)32-23(19)20(22(24)30)25(9-2-3-10-25)15-8-11-26-13-15/h4-8,11,13,18,26-27,29-30H,2-3,9-10,12H2,1H3. The Balaban J connectivity index is 1.76. The molecule has 7 nitrogen and oxygen atoms in total. The van der Waals surface area contributed by atoms with Gasteiger partial charge in [-0.2, -0.15) is 0 Å². The molecule has 1 aromatic heterocycles. The van der Waals surface area contributed by atoms with E-state index in [4.69, 9.17) is 9.47 Å². The van der Waals surface area contributed by atoms with E-state index in [2.05, 4.69) is 4.98 Å². The van der Waals surface area contributed by atoms with E-state index < -0.39 is 17.3 Å². The van der Waals surface area contributed by atoms with Crippen LogP contribution in [0.3, 0.4) is 0 Å². The number of aromatic amines is 1. The highest BCUT2D eigenvalue weighted by molar-refractivity contribution is 6.04. The van der Waals surface area contributed by atoms with Crippen molar-refractivity contribution in [1.29, 1.82) is 0 Å². The highest BCUT2D eigenvalue weighted by Crippen LogP contribution is 2.60.